The molecule has 0 spiro atoms. The summed E-state index contributed by atoms with van der Waals surface area (Å²) in [5, 5.41) is 3.23. The van der Waals surface area contributed by atoms with E-state index in [0.29, 0.717) is 0 Å². The fourth-order valence-corrected chi connectivity index (χ4v) is 4.62. The number of amides is 1. The van der Waals surface area contributed by atoms with E-state index in [-0.39, 0.29) is 11.9 Å². The van der Waals surface area contributed by atoms with Gasteiger partial charge in [-0.05, 0) is 60.4 Å². The van der Waals surface area contributed by atoms with Gasteiger partial charge in [-0.25, -0.2) is 0 Å². The van der Waals surface area contributed by atoms with Gasteiger partial charge < -0.3 is 10.1 Å². The zero-order chi connectivity index (χ0) is 20.1. The number of methoxy groups -OCH3 is 1. The number of thiophene rings is 1. The first-order valence-corrected chi connectivity index (χ1v) is 10.8. The van der Waals surface area contributed by atoms with Crippen LogP contribution >= 0.6 is 11.3 Å². The van der Waals surface area contributed by atoms with Crippen LogP contribution in [-0.2, 0) is 6.54 Å². The normalized spacial score (nSPS) is 15.2. The first-order valence-electron chi connectivity index (χ1n) is 10.0. The minimum Gasteiger partial charge on any atom is -0.497 e. The highest BCUT2D eigenvalue weighted by atomic mass is 32.1. The summed E-state index contributed by atoms with van der Waals surface area (Å²) in [5.74, 6) is 0.873. The lowest BCUT2D eigenvalue weighted by molar-refractivity contribution is 0.0913. The molecule has 1 N–H and O–H groups in total. The lowest BCUT2D eigenvalue weighted by Crippen LogP contribution is -2.44. The molecule has 1 saturated heterocycles. The summed E-state index contributed by atoms with van der Waals surface area (Å²) in [6, 6.07) is 22.7. The molecule has 1 aliphatic rings. The van der Waals surface area contributed by atoms with Crippen molar-refractivity contribution in [2.75, 3.05) is 20.2 Å². The Kier molecular flexibility index (Phi) is 6.27. The van der Waals surface area contributed by atoms with E-state index >= 15 is 0 Å². The van der Waals surface area contributed by atoms with E-state index < -0.39 is 0 Å². The van der Waals surface area contributed by atoms with Crippen LogP contribution in [0.15, 0.2) is 66.7 Å². The summed E-state index contributed by atoms with van der Waals surface area (Å²) in [5.41, 5.74) is 2.45. The number of ether oxygens (including phenoxy) is 1. The van der Waals surface area contributed by atoms with Gasteiger partial charge in [-0.2, -0.15) is 0 Å². The third kappa shape index (κ3) is 5.05. The van der Waals surface area contributed by atoms with Crippen molar-refractivity contribution in [1.29, 1.82) is 0 Å². The van der Waals surface area contributed by atoms with Gasteiger partial charge >= 0.3 is 0 Å². The number of carbonyl (C=O) groups excluding carboxylic acids is 1. The van der Waals surface area contributed by atoms with Crippen molar-refractivity contribution >= 4 is 17.2 Å². The fraction of sp³-hybridized carbons (Fsp3) is 0.292. The molecule has 29 heavy (non-hydrogen) atoms. The van der Waals surface area contributed by atoms with Gasteiger partial charge in [-0.1, -0.05) is 30.3 Å². The van der Waals surface area contributed by atoms with Gasteiger partial charge in [0.25, 0.3) is 5.91 Å². The molecule has 0 bridgehead atoms. The molecule has 150 valence electrons. The number of carbonyl (C=O) groups is 1. The van der Waals surface area contributed by atoms with Crippen molar-refractivity contribution in [3.63, 3.8) is 0 Å². The lowest BCUT2D eigenvalue weighted by atomic mass is 10.0. The lowest BCUT2D eigenvalue weighted by Gasteiger charge is -2.32. The van der Waals surface area contributed by atoms with Gasteiger partial charge in [0.1, 0.15) is 5.75 Å². The van der Waals surface area contributed by atoms with Crippen LogP contribution in [0.3, 0.4) is 0 Å². The Morgan fingerprint density at radius 2 is 1.76 bits per heavy atom. The fourth-order valence-electron chi connectivity index (χ4n) is 3.70. The van der Waals surface area contributed by atoms with Crippen LogP contribution in [-0.4, -0.2) is 37.0 Å². The quantitative estimate of drug-likeness (QED) is 0.638. The molecule has 0 unspecified atom stereocenters. The molecule has 0 atom stereocenters. The number of hydrogen-bond donors (Lipinski definition) is 1. The van der Waals surface area contributed by atoms with E-state index in [9.17, 15) is 4.79 Å². The minimum atomic E-state index is 0.0382. The highest BCUT2D eigenvalue weighted by molar-refractivity contribution is 7.17. The zero-order valence-corrected chi connectivity index (χ0v) is 17.5. The SMILES string of the molecule is COc1ccc(-c2ccc(C(=O)NC3CCN(Cc4ccccc4)CC3)s2)cc1. The van der Waals surface area contributed by atoms with Gasteiger partial charge in [0, 0.05) is 30.6 Å². The number of likely N-dealkylation sites (tertiary alicyclic amines) is 1. The number of nitrogens with zero attached hydrogens (tertiary/aromatic N) is 1. The molecule has 1 aliphatic heterocycles. The predicted molar refractivity (Wildman–Crippen MR) is 119 cm³/mol. The summed E-state index contributed by atoms with van der Waals surface area (Å²) in [4.78, 5) is 17.0. The molecule has 0 aliphatic carbocycles. The highest BCUT2D eigenvalue weighted by Gasteiger charge is 2.22. The van der Waals surface area contributed by atoms with Gasteiger partial charge in [0.15, 0.2) is 0 Å². The van der Waals surface area contributed by atoms with E-state index in [1.54, 1.807) is 7.11 Å². The average Bonchev–Trinajstić information content (AvgIpc) is 3.26. The molecular formula is C24H26N2O2S. The molecule has 1 aromatic heterocycles. The summed E-state index contributed by atoms with van der Waals surface area (Å²) < 4.78 is 5.21. The zero-order valence-electron chi connectivity index (χ0n) is 16.6. The third-order valence-corrected chi connectivity index (χ3v) is 6.51. The Hall–Kier alpha value is -2.63. The Morgan fingerprint density at radius 1 is 1.03 bits per heavy atom. The molecule has 1 amide bonds. The number of nitrogens with one attached hydrogen (secondary N) is 1. The topological polar surface area (TPSA) is 41.6 Å². The maximum atomic E-state index is 12.7. The van der Waals surface area contributed by atoms with E-state index in [1.165, 1.54) is 16.9 Å². The molecule has 4 rings (SSSR count). The predicted octanol–water partition coefficient (Wildman–Crippen LogP) is 4.82. The summed E-state index contributed by atoms with van der Waals surface area (Å²) in [6.45, 7) is 3.01. The van der Waals surface area contributed by atoms with Crippen LogP contribution < -0.4 is 10.1 Å². The van der Waals surface area contributed by atoms with Crippen molar-refractivity contribution < 1.29 is 9.53 Å². The Balaban J connectivity index is 1.29. The number of rotatable bonds is 6. The maximum absolute atomic E-state index is 12.7. The molecular weight excluding hydrogens is 380 g/mol. The average molecular weight is 407 g/mol. The molecule has 4 nitrogen and oxygen atoms in total. The van der Waals surface area contributed by atoms with Gasteiger partial charge in [0.2, 0.25) is 0 Å². The largest absolute Gasteiger partial charge is 0.497 e. The van der Waals surface area contributed by atoms with E-state index in [2.05, 4.69) is 40.5 Å². The first-order chi connectivity index (χ1) is 14.2. The highest BCUT2D eigenvalue weighted by Crippen LogP contribution is 2.29. The molecule has 3 aromatic rings. The maximum Gasteiger partial charge on any atom is 0.261 e. The van der Waals surface area contributed by atoms with Crippen molar-refractivity contribution in [3.05, 3.63) is 77.2 Å². The van der Waals surface area contributed by atoms with E-state index in [4.69, 9.17) is 4.74 Å². The second-order valence-electron chi connectivity index (χ2n) is 7.40. The summed E-state index contributed by atoms with van der Waals surface area (Å²) in [6.07, 6.45) is 1.99. The molecule has 1 fully saturated rings. The van der Waals surface area contributed by atoms with Gasteiger partial charge in [-0.15, -0.1) is 11.3 Å². The van der Waals surface area contributed by atoms with E-state index in [0.717, 1.165) is 53.5 Å². The Bertz CT molecular complexity index is 929. The Morgan fingerprint density at radius 3 is 2.45 bits per heavy atom. The van der Waals surface area contributed by atoms with Gasteiger partial charge in [0.05, 0.1) is 12.0 Å². The van der Waals surface area contributed by atoms with Crippen LogP contribution in [0.1, 0.15) is 28.1 Å². The van der Waals surface area contributed by atoms with Crippen molar-refractivity contribution in [3.8, 4) is 16.2 Å². The number of benzene rings is 2. The van der Waals surface area contributed by atoms with Crippen LogP contribution in [0, 0.1) is 0 Å². The molecule has 2 aromatic carbocycles. The second-order valence-corrected chi connectivity index (χ2v) is 8.49. The van der Waals surface area contributed by atoms with Crippen molar-refractivity contribution in [2.45, 2.75) is 25.4 Å². The molecule has 0 saturated carbocycles. The van der Waals surface area contributed by atoms with Crippen molar-refractivity contribution in [1.82, 2.24) is 10.2 Å². The van der Waals surface area contributed by atoms with E-state index in [1.807, 2.05) is 36.4 Å². The number of piperidine rings is 1. The van der Waals surface area contributed by atoms with Crippen molar-refractivity contribution in [2.24, 2.45) is 0 Å². The van der Waals surface area contributed by atoms with Crippen LogP contribution in [0.4, 0.5) is 0 Å². The molecule has 5 heteroatoms. The third-order valence-electron chi connectivity index (χ3n) is 5.38. The number of hydrogen-bond acceptors (Lipinski definition) is 4. The monoisotopic (exact) mass is 406 g/mol. The summed E-state index contributed by atoms with van der Waals surface area (Å²) >= 11 is 1.54. The smallest absolute Gasteiger partial charge is 0.261 e. The standard InChI is InChI=1S/C24H26N2O2S/c1-28-21-9-7-19(8-10-21)22-11-12-23(29-22)24(27)25-20-13-15-26(16-14-20)17-18-5-3-2-4-6-18/h2-12,20H,13-17H2,1H3,(H,25,27). The second kappa shape index (κ2) is 9.25. The summed E-state index contributed by atoms with van der Waals surface area (Å²) in [7, 11) is 1.66. The Labute approximate surface area is 176 Å². The first kappa shape index (κ1) is 19.7. The van der Waals surface area contributed by atoms with Crippen LogP contribution in [0.25, 0.3) is 10.4 Å². The van der Waals surface area contributed by atoms with Crippen LogP contribution in [0.2, 0.25) is 0 Å². The van der Waals surface area contributed by atoms with Gasteiger partial charge in [-0.3, -0.25) is 9.69 Å². The minimum absolute atomic E-state index is 0.0382. The molecule has 2 heterocycles. The van der Waals surface area contributed by atoms with Crippen LogP contribution in [0.5, 0.6) is 5.75 Å². The molecule has 0 radical (unpaired) electrons.